The number of thiophene rings is 1. The number of rotatable bonds is 5. The predicted octanol–water partition coefficient (Wildman–Crippen LogP) is 2.59. The van der Waals surface area contributed by atoms with Crippen molar-refractivity contribution in [2.75, 3.05) is 36.5 Å². The van der Waals surface area contributed by atoms with Crippen LogP contribution in [0.5, 0.6) is 0 Å². The summed E-state index contributed by atoms with van der Waals surface area (Å²) < 4.78 is 5.39. The van der Waals surface area contributed by atoms with Crippen LogP contribution in [0.3, 0.4) is 0 Å². The second kappa shape index (κ2) is 9.11. The van der Waals surface area contributed by atoms with Gasteiger partial charge in [-0.2, -0.15) is 0 Å². The Hall–Kier alpha value is -2.85. The first-order chi connectivity index (χ1) is 15.3. The number of hydrazine groups is 1. The number of carbonyl (C=O) groups is 1. The van der Waals surface area contributed by atoms with E-state index in [0.717, 1.165) is 35.9 Å². The number of nitrogens with zero attached hydrogens (tertiary/aromatic N) is 3. The van der Waals surface area contributed by atoms with E-state index in [9.17, 15) is 4.79 Å². The van der Waals surface area contributed by atoms with Crippen molar-refractivity contribution in [3.05, 3.63) is 58.8 Å². The Kier molecular flexibility index (Phi) is 5.90. The van der Waals surface area contributed by atoms with Crippen LogP contribution in [-0.2, 0) is 9.53 Å². The summed E-state index contributed by atoms with van der Waals surface area (Å²) in [6, 6.07) is 15.6. The van der Waals surface area contributed by atoms with Gasteiger partial charge in [-0.1, -0.05) is 18.2 Å². The summed E-state index contributed by atoms with van der Waals surface area (Å²) in [6.45, 7) is 3.08. The molecule has 160 valence electrons. The summed E-state index contributed by atoms with van der Waals surface area (Å²) in [5.74, 6) is 0.800. The molecular weight excluding hydrogens is 412 g/mol. The molecule has 2 saturated heterocycles. The number of morpholine rings is 1. The van der Waals surface area contributed by atoms with Crippen LogP contribution in [0.2, 0.25) is 0 Å². The van der Waals surface area contributed by atoms with Crippen LogP contribution in [-0.4, -0.2) is 48.4 Å². The Labute approximate surface area is 184 Å². The lowest BCUT2D eigenvalue weighted by molar-refractivity contribution is -0.117. The van der Waals surface area contributed by atoms with E-state index in [1.165, 1.54) is 4.88 Å². The summed E-state index contributed by atoms with van der Waals surface area (Å²) in [7, 11) is 0. The number of ether oxygens (including phenoxy) is 1. The fourth-order valence-electron chi connectivity index (χ4n) is 3.83. The standard InChI is InChI=1S/C22H24N6O2S/c29-22(19-14-18(25-26-19)20-5-2-12-31-20)23-16-4-1-3-15(13-16)17-6-7-21(27-24-17)28-8-10-30-11-9-28/h1-7,12-13,18-19,25-26H,8-11,14H2,(H,23,29). The van der Waals surface area contributed by atoms with Gasteiger partial charge in [-0.25, -0.2) is 10.9 Å². The molecule has 1 aromatic carbocycles. The van der Waals surface area contributed by atoms with Gasteiger partial charge in [0.15, 0.2) is 5.82 Å². The smallest absolute Gasteiger partial charge is 0.242 e. The molecule has 2 aliphatic heterocycles. The van der Waals surface area contributed by atoms with E-state index in [2.05, 4.69) is 37.3 Å². The number of amides is 1. The van der Waals surface area contributed by atoms with Crippen molar-refractivity contribution in [1.29, 1.82) is 0 Å². The number of anilines is 2. The highest BCUT2D eigenvalue weighted by molar-refractivity contribution is 7.10. The summed E-state index contributed by atoms with van der Waals surface area (Å²) in [6.07, 6.45) is 0.709. The molecule has 5 rings (SSSR count). The van der Waals surface area contributed by atoms with Gasteiger partial charge in [0.05, 0.1) is 24.9 Å². The lowest BCUT2D eigenvalue weighted by Crippen LogP contribution is -2.39. The number of benzene rings is 1. The quantitative estimate of drug-likeness (QED) is 0.566. The molecular formula is C22H24N6O2S. The fraction of sp³-hybridized carbons (Fsp3) is 0.318. The number of nitrogens with one attached hydrogen (secondary N) is 3. The molecule has 2 atom stereocenters. The van der Waals surface area contributed by atoms with Gasteiger partial charge in [0, 0.05) is 29.2 Å². The molecule has 2 aliphatic rings. The van der Waals surface area contributed by atoms with Crippen LogP contribution in [0.25, 0.3) is 11.3 Å². The van der Waals surface area contributed by atoms with Gasteiger partial charge in [-0.05, 0) is 42.1 Å². The third kappa shape index (κ3) is 4.59. The Morgan fingerprint density at radius 2 is 2.00 bits per heavy atom. The second-order valence-corrected chi connectivity index (χ2v) is 8.57. The van der Waals surface area contributed by atoms with Crippen LogP contribution in [0.15, 0.2) is 53.9 Å². The molecule has 0 radical (unpaired) electrons. The van der Waals surface area contributed by atoms with Crippen molar-refractivity contribution in [2.45, 2.75) is 18.5 Å². The third-order valence-corrected chi connectivity index (χ3v) is 6.50. The summed E-state index contributed by atoms with van der Waals surface area (Å²) in [5.41, 5.74) is 8.74. The van der Waals surface area contributed by atoms with Crippen molar-refractivity contribution in [1.82, 2.24) is 21.0 Å². The van der Waals surface area contributed by atoms with Crippen LogP contribution in [0.1, 0.15) is 17.3 Å². The van der Waals surface area contributed by atoms with Crippen LogP contribution in [0.4, 0.5) is 11.5 Å². The largest absolute Gasteiger partial charge is 0.378 e. The van der Waals surface area contributed by atoms with Gasteiger partial charge in [-0.3, -0.25) is 4.79 Å². The Balaban J connectivity index is 1.23. The zero-order valence-electron chi connectivity index (χ0n) is 17.0. The highest BCUT2D eigenvalue weighted by Crippen LogP contribution is 2.27. The van der Waals surface area contributed by atoms with Gasteiger partial charge in [0.25, 0.3) is 0 Å². The molecule has 2 aromatic heterocycles. The van der Waals surface area contributed by atoms with Crippen molar-refractivity contribution in [3.63, 3.8) is 0 Å². The second-order valence-electron chi connectivity index (χ2n) is 7.59. The van der Waals surface area contributed by atoms with E-state index in [-0.39, 0.29) is 18.0 Å². The first-order valence-corrected chi connectivity index (χ1v) is 11.3. The van der Waals surface area contributed by atoms with Crippen LogP contribution >= 0.6 is 11.3 Å². The SMILES string of the molecule is O=C(Nc1cccc(-c2ccc(N3CCOCC3)nn2)c1)C1CC(c2cccs2)NN1. The third-order valence-electron chi connectivity index (χ3n) is 5.52. The molecule has 9 heteroatoms. The zero-order chi connectivity index (χ0) is 21.0. The topological polar surface area (TPSA) is 91.4 Å². The maximum Gasteiger partial charge on any atom is 0.242 e. The highest BCUT2D eigenvalue weighted by atomic mass is 32.1. The van der Waals surface area contributed by atoms with Gasteiger partial charge >= 0.3 is 0 Å². The number of carbonyl (C=O) groups excluding carboxylic acids is 1. The maximum atomic E-state index is 12.7. The fourth-order valence-corrected chi connectivity index (χ4v) is 4.62. The number of hydrogen-bond donors (Lipinski definition) is 3. The Bertz CT molecular complexity index is 1020. The van der Waals surface area contributed by atoms with Crippen LogP contribution < -0.4 is 21.1 Å². The molecule has 3 aromatic rings. The van der Waals surface area contributed by atoms with Gasteiger partial charge in [0.1, 0.15) is 6.04 Å². The first kappa shape index (κ1) is 20.1. The normalized spacial score (nSPS) is 21.2. The maximum absolute atomic E-state index is 12.7. The number of hydrogen-bond acceptors (Lipinski definition) is 8. The van der Waals surface area contributed by atoms with E-state index in [0.29, 0.717) is 19.6 Å². The first-order valence-electron chi connectivity index (χ1n) is 10.4. The van der Waals surface area contributed by atoms with E-state index in [1.54, 1.807) is 11.3 Å². The molecule has 1 amide bonds. The molecule has 3 N–H and O–H groups in total. The minimum atomic E-state index is -0.289. The molecule has 0 saturated carbocycles. The lowest BCUT2D eigenvalue weighted by Gasteiger charge is -2.27. The summed E-state index contributed by atoms with van der Waals surface area (Å²) >= 11 is 1.69. The summed E-state index contributed by atoms with van der Waals surface area (Å²) in [5, 5.41) is 13.8. The minimum Gasteiger partial charge on any atom is -0.378 e. The van der Waals surface area contributed by atoms with Crippen molar-refractivity contribution >= 4 is 28.7 Å². The average molecular weight is 437 g/mol. The van der Waals surface area contributed by atoms with E-state index in [1.807, 2.05) is 47.8 Å². The van der Waals surface area contributed by atoms with Crippen molar-refractivity contribution in [3.8, 4) is 11.3 Å². The molecule has 0 bridgehead atoms. The van der Waals surface area contributed by atoms with E-state index < -0.39 is 0 Å². The molecule has 31 heavy (non-hydrogen) atoms. The molecule has 2 fully saturated rings. The van der Waals surface area contributed by atoms with Gasteiger partial charge in [0.2, 0.25) is 5.91 Å². The van der Waals surface area contributed by atoms with Crippen LogP contribution in [0, 0.1) is 0 Å². The van der Waals surface area contributed by atoms with Gasteiger partial charge in [-0.15, -0.1) is 21.5 Å². The summed E-state index contributed by atoms with van der Waals surface area (Å²) in [4.78, 5) is 16.1. The highest BCUT2D eigenvalue weighted by Gasteiger charge is 2.30. The Morgan fingerprint density at radius 3 is 2.77 bits per heavy atom. The van der Waals surface area contributed by atoms with E-state index >= 15 is 0 Å². The predicted molar refractivity (Wildman–Crippen MR) is 121 cm³/mol. The van der Waals surface area contributed by atoms with Gasteiger partial charge < -0.3 is 15.0 Å². The zero-order valence-corrected chi connectivity index (χ0v) is 17.8. The molecule has 2 unspecified atom stereocenters. The molecule has 4 heterocycles. The van der Waals surface area contributed by atoms with Crippen molar-refractivity contribution in [2.24, 2.45) is 0 Å². The monoisotopic (exact) mass is 436 g/mol. The number of aromatic nitrogens is 2. The average Bonchev–Trinajstić information content (AvgIpc) is 3.52. The molecule has 0 aliphatic carbocycles. The molecule has 0 spiro atoms. The molecule has 8 nitrogen and oxygen atoms in total. The van der Waals surface area contributed by atoms with Crippen molar-refractivity contribution < 1.29 is 9.53 Å². The Morgan fingerprint density at radius 1 is 1.10 bits per heavy atom. The minimum absolute atomic E-state index is 0.0579. The van der Waals surface area contributed by atoms with E-state index in [4.69, 9.17) is 4.74 Å². The lowest BCUT2D eigenvalue weighted by atomic mass is 10.1.